The predicted octanol–water partition coefficient (Wildman–Crippen LogP) is 4.95. The number of benzene rings is 2. The Kier molecular flexibility index (Phi) is 9.72. The minimum absolute atomic E-state index is 0.121. The van der Waals surface area contributed by atoms with Crippen LogP contribution in [0, 0.1) is 0 Å². The monoisotopic (exact) mass is 504 g/mol. The van der Waals surface area contributed by atoms with E-state index in [2.05, 4.69) is 42.5 Å². The smallest absolute Gasteiger partial charge is 0.243 e. The topological polar surface area (TPSA) is 58.2 Å². The maximum Gasteiger partial charge on any atom is 0.243 e. The first-order valence-corrected chi connectivity index (χ1v) is 10.5. The van der Waals surface area contributed by atoms with Gasteiger partial charge in [0, 0.05) is 34.2 Å². The molecule has 0 fully saturated rings. The number of amides is 2. The van der Waals surface area contributed by atoms with E-state index in [4.69, 9.17) is 0 Å². The van der Waals surface area contributed by atoms with Gasteiger partial charge in [0.05, 0.1) is 0 Å². The summed E-state index contributed by atoms with van der Waals surface area (Å²) in [5.74, 6) is -0.242. The Morgan fingerprint density at radius 1 is 0.679 bits per heavy atom. The number of hydrogen-bond donors (Lipinski definition) is 2. The maximum absolute atomic E-state index is 11.8. The van der Waals surface area contributed by atoms with Gasteiger partial charge in [-0.1, -0.05) is 56.1 Å². The van der Waals surface area contributed by atoms with Gasteiger partial charge in [0.2, 0.25) is 11.8 Å². The highest BCUT2D eigenvalue weighted by molar-refractivity contribution is 9.10. The van der Waals surface area contributed by atoms with Gasteiger partial charge in [0.15, 0.2) is 0 Å². The zero-order chi connectivity index (χ0) is 20.2. The summed E-state index contributed by atoms with van der Waals surface area (Å²) in [4.78, 5) is 23.6. The number of unbranched alkanes of at least 4 members (excludes halogenated alkanes) is 1. The van der Waals surface area contributed by atoms with Crippen molar-refractivity contribution in [3.05, 3.63) is 80.8 Å². The molecule has 0 spiro atoms. The van der Waals surface area contributed by atoms with Crippen molar-refractivity contribution in [1.82, 2.24) is 10.6 Å². The Balaban J connectivity index is 1.56. The third-order valence-corrected chi connectivity index (χ3v) is 4.85. The molecule has 0 unspecified atom stereocenters. The molecule has 146 valence electrons. The minimum Gasteiger partial charge on any atom is -0.353 e. The van der Waals surface area contributed by atoms with Gasteiger partial charge in [-0.05, 0) is 60.4 Å². The van der Waals surface area contributed by atoms with Gasteiger partial charge in [0.25, 0.3) is 0 Å². The van der Waals surface area contributed by atoms with Crippen LogP contribution >= 0.6 is 31.9 Å². The first-order valence-electron chi connectivity index (χ1n) is 8.96. The average Bonchev–Trinajstić information content (AvgIpc) is 2.69. The molecule has 2 aromatic carbocycles. The Bertz CT molecular complexity index is 757. The zero-order valence-electron chi connectivity index (χ0n) is 15.3. The highest BCUT2D eigenvalue weighted by atomic mass is 79.9. The first kappa shape index (κ1) is 22.1. The summed E-state index contributed by atoms with van der Waals surface area (Å²) in [6, 6.07) is 15.5. The standard InChI is InChI=1S/C22H22Br2N2O2/c23-19-9-3-17(4-10-19)7-13-21(27)25-15-1-2-16-26-22(28)14-8-18-5-11-20(24)12-6-18/h3-14H,1-2,15-16H2,(H,25,27)(H,26,28). The fraction of sp³-hybridized carbons (Fsp3) is 0.182. The molecule has 0 heterocycles. The quantitative estimate of drug-likeness (QED) is 0.374. The minimum atomic E-state index is -0.121. The lowest BCUT2D eigenvalue weighted by atomic mass is 10.2. The normalized spacial score (nSPS) is 11.1. The van der Waals surface area contributed by atoms with Crippen molar-refractivity contribution >= 4 is 55.8 Å². The van der Waals surface area contributed by atoms with Crippen molar-refractivity contribution in [3.8, 4) is 0 Å². The number of rotatable bonds is 9. The molecule has 2 N–H and O–H groups in total. The lowest BCUT2D eigenvalue weighted by Gasteiger charge is -2.04. The summed E-state index contributed by atoms with van der Waals surface area (Å²) >= 11 is 6.75. The summed E-state index contributed by atoms with van der Waals surface area (Å²) < 4.78 is 2.01. The summed E-state index contributed by atoms with van der Waals surface area (Å²) in [6.45, 7) is 1.15. The maximum atomic E-state index is 11.8. The zero-order valence-corrected chi connectivity index (χ0v) is 18.5. The molecule has 2 rings (SSSR count). The molecule has 0 aromatic heterocycles. The Hall–Kier alpha value is -2.18. The summed E-state index contributed by atoms with van der Waals surface area (Å²) in [7, 11) is 0. The molecule has 0 aliphatic heterocycles. The van der Waals surface area contributed by atoms with Crippen molar-refractivity contribution in [1.29, 1.82) is 0 Å². The van der Waals surface area contributed by atoms with Crippen LogP contribution in [0.4, 0.5) is 0 Å². The van der Waals surface area contributed by atoms with Gasteiger partial charge < -0.3 is 10.6 Å². The van der Waals surface area contributed by atoms with Crippen LogP contribution in [-0.2, 0) is 9.59 Å². The molecule has 6 heteroatoms. The van der Waals surface area contributed by atoms with Gasteiger partial charge in [-0.2, -0.15) is 0 Å². The van der Waals surface area contributed by atoms with Crippen LogP contribution in [0.3, 0.4) is 0 Å². The van der Waals surface area contributed by atoms with Crippen molar-refractivity contribution in [3.63, 3.8) is 0 Å². The molecular formula is C22H22Br2N2O2. The Morgan fingerprint density at radius 2 is 1.04 bits per heavy atom. The molecule has 0 saturated heterocycles. The first-order chi connectivity index (χ1) is 13.5. The Morgan fingerprint density at radius 3 is 1.39 bits per heavy atom. The molecular weight excluding hydrogens is 484 g/mol. The van der Waals surface area contributed by atoms with Crippen LogP contribution in [0.5, 0.6) is 0 Å². The molecule has 4 nitrogen and oxygen atoms in total. The number of hydrogen-bond acceptors (Lipinski definition) is 2. The van der Waals surface area contributed by atoms with Crippen LogP contribution in [0.1, 0.15) is 24.0 Å². The van der Waals surface area contributed by atoms with E-state index in [1.54, 1.807) is 12.2 Å². The summed E-state index contributed by atoms with van der Waals surface area (Å²) in [6.07, 6.45) is 8.21. The third-order valence-electron chi connectivity index (χ3n) is 3.80. The van der Waals surface area contributed by atoms with Crippen LogP contribution in [0.15, 0.2) is 69.6 Å². The second-order valence-electron chi connectivity index (χ2n) is 6.06. The predicted molar refractivity (Wildman–Crippen MR) is 122 cm³/mol. The van der Waals surface area contributed by atoms with E-state index in [1.165, 1.54) is 12.2 Å². The van der Waals surface area contributed by atoms with E-state index < -0.39 is 0 Å². The van der Waals surface area contributed by atoms with Gasteiger partial charge in [-0.15, -0.1) is 0 Å². The molecule has 0 aliphatic carbocycles. The van der Waals surface area contributed by atoms with Gasteiger partial charge in [-0.25, -0.2) is 0 Å². The number of halogens is 2. The number of carbonyl (C=O) groups is 2. The van der Waals surface area contributed by atoms with E-state index in [1.807, 2.05) is 48.5 Å². The third kappa shape index (κ3) is 9.15. The highest BCUT2D eigenvalue weighted by Gasteiger charge is 1.98. The molecule has 0 aliphatic rings. The molecule has 0 radical (unpaired) electrons. The van der Waals surface area contributed by atoms with Crippen LogP contribution < -0.4 is 10.6 Å². The summed E-state index contributed by atoms with van der Waals surface area (Å²) in [5, 5.41) is 5.68. The Labute approximate surface area is 182 Å². The van der Waals surface area contributed by atoms with Crippen molar-refractivity contribution in [2.75, 3.05) is 13.1 Å². The van der Waals surface area contributed by atoms with Crippen LogP contribution in [0.25, 0.3) is 12.2 Å². The van der Waals surface area contributed by atoms with Crippen LogP contribution in [0.2, 0.25) is 0 Å². The SMILES string of the molecule is O=C(C=Cc1ccc(Br)cc1)NCCCCNC(=O)C=Cc1ccc(Br)cc1. The van der Waals surface area contributed by atoms with Gasteiger partial charge >= 0.3 is 0 Å². The fourth-order valence-electron chi connectivity index (χ4n) is 2.28. The largest absolute Gasteiger partial charge is 0.353 e. The second kappa shape index (κ2) is 12.3. The highest BCUT2D eigenvalue weighted by Crippen LogP contribution is 2.12. The molecule has 0 bridgehead atoms. The van der Waals surface area contributed by atoms with Crippen molar-refractivity contribution in [2.24, 2.45) is 0 Å². The second-order valence-corrected chi connectivity index (χ2v) is 7.89. The molecule has 28 heavy (non-hydrogen) atoms. The average molecular weight is 506 g/mol. The number of carbonyl (C=O) groups excluding carboxylic acids is 2. The molecule has 2 amide bonds. The lowest BCUT2D eigenvalue weighted by Crippen LogP contribution is -2.25. The van der Waals surface area contributed by atoms with E-state index in [-0.39, 0.29) is 11.8 Å². The van der Waals surface area contributed by atoms with Crippen molar-refractivity contribution < 1.29 is 9.59 Å². The van der Waals surface area contributed by atoms with Crippen molar-refractivity contribution in [2.45, 2.75) is 12.8 Å². The van der Waals surface area contributed by atoms with Gasteiger partial charge in [-0.3, -0.25) is 9.59 Å². The van der Waals surface area contributed by atoms with E-state index in [0.29, 0.717) is 13.1 Å². The fourth-order valence-corrected chi connectivity index (χ4v) is 2.81. The van der Waals surface area contributed by atoms with E-state index in [0.717, 1.165) is 32.9 Å². The molecule has 0 saturated carbocycles. The van der Waals surface area contributed by atoms with E-state index in [9.17, 15) is 9.59 Å². The van der Waals surface area contributed by atoms with E-state index >= 15 is 0 Å². The lowest BCUT2D eigenvalue weighted by molar-refractivity contribution is -0.117. The van der Waals surface area contributed by atoms with Crippen LogP contribution in [-0.4, -0.2) is 24.9 Å². The summed E-state index contributed by atoms with van der Waals surface area (Å²) in [5.41, 5.74) is 1.94. The number of nitrogens with one attached hydrogen (secondary N) is 2. The van der Waals surface area contributed by atoms with Gasteiger partial charge in [0.1, 0.15) is 0 Å². The molecule has 0 atom stereocenters. The molecule has 2 aromatic rings.